The summed E-state index contributed by atoms with van der Waals surface area (Å²) in [5.74, 6) is 0. The fraction of sp³-hybridized carbons (Fsp3) is 0.0714. The average Bonchev–Trinajstić information content (AvgIpc) is 2.66. The van der Waals surface area contributed by atoms with E-state index in [1.807, 2.05) is 53.1 Å². The third-order valence-electron chi connectivity index (χ3n) is 2.92. The van der Waals surface area contributed by atoms with Crippen molar-refractivity contribution in [1.29, 1.82) is 0 Å². The number of nitrogens with zero attached hydrogens (tertiary/aromatic N) is 1. The molecule has 0 unspecified atom stereocenters. The van der Waals surface area contributed by atoms with Crippen molar-refractivity contribution in [3.8, 4) is 0 Å². The van der Waals surface area contributed by atoms with Crippen LogP contribution in [0.3, 0.4) is 0 Å². The first-order chi connectivity index (χ1) is 8.74. The Bertz CT molecular complexity index is 743. The molecule has 0 aliphatic rings. The van der Waals surface area contributed by atoms with Crippen molar-refractivity contribution in [2.75, 3.05) is 0 Å². The molecule has 3 N–H and O–H groups in total. The predicted molar refractivity (Wildman–Crippen MR) is 74.2 cm³/mol. The van der Waals surface area contributed by atoms with E-state index in [9.17, 15) is 4.79 Å². The summed E-state index contributed by atoms with van der Waals surface area (Å²) < 4.78 is 2.82. The summed E-state index contributed by atoms with van der Waals surface area (Å²) >= 11 is 1.28. The molecule has 0 saturated carbocycles. The van der Waals surface area contributed by atoms with Crippen molar-refractivity contribution >= 4 is 27.2 Å². The van der Waals surface area contributed by atoms with E-state index in [1.54, 1.807) is 0 Å². The molecule has 0 bridgehead atoms. The van der Waals surface area contributed by atoms with Crippen molar-refractivity contribution in [2.24, 2.45) is 0 Å². The normalized spacial score (nSPS) is 10.9. The second-order valence-corrected chi connectivity index (χ2v) is 5.23. The molecule has 0 atom stereocenters. The van der Waals surface area contributed by atoms with Gasteiger partial charge in [-0.15, -0.1) is 0 Å². The Morgan fingerprint density at radius 3 is 2.67 bits per heavy atom. The van der Waals surface area contributed by atoms with Crippen LogP contribution < -0.4 is 10.6 Å². The van der Waals surface area contributed by atoms with Gasteiger partial charge in [-0.05, 0) is 11.6 Å². The minimum atomic E-state index is 0.0828. The Morgan fingerprint density at radius 2 is 1.89 bits per heavy atom. The maximum absolute atomic E-state index is 12.0. The number of hydrogen-bond donors (Lipinski definition) is 1. The quantitative estimate of drug-likeness (QED) is 0.750. The lowest BCUT2D eigenvalue weighted by atomic mass is 10.2. The van der Waals surface area contributed by atoms with Crippen LogP contribution in [0.5, 0.6) is 0 Å². The highest BCUT2D eigenvalue weighted by Gasteiger charge is 2.08. The largest absolute Gasteiger partial charge is 0.325 e. The third kappa shape index (κ3) is 1.96. The summed E-state index contributed by atoms with van der Waals surface area (Å²) in [6, 6.07) is 15.9. The second kappa shape index (κ2) is 4.40. The number of rotatable bonds is 2. The van der Waals surface area contributed by atoms with Crippen LogP contribution in [0, 0.1) is 0 Å². The Balaban J connectivity index is 2.12. The van der Waals surface area contributed by atoms with Gasteiger partial charge in [0, 0.05) is 12.1 Å². The van der Waals surface area contributed by atoms with Gasteiger partial charge in [0.05, 0.1) is 16.8 Å². The van der Waals surface area contributed by atoms with Gasteiger partial charge in [0.1, 0.15) is 5.69 Å². The molecule has 90 valence electrons. The SMILES string of the molecule is [NH3+]c1ccc2c(c1)sc(=O)n2Cc1ccccc1. The van der Waals surface area contributed by atoms with Gasteiger partial charge in [0.2, 0.25) is 0 Å². The highest BCUT2D eigenvalue weighted by Crippen LogP contribution is 2.20. The van der Waals surface area contributed by atoms with E-state index in [-0.39, 0.29) is 4.87 Å². The number of quaternary nitrogens is 1. The van der Waals surface area contributed by atoms with Gasteiger partial charge < -0.3 is 5.73 Å². The highest BCUT2D eigenvalue weighted by atomic mass is 32.1. The Hall–Kier alpha value is -1.91. The molecule has 0 radical (unpaired) electrons. The Labute approximate surface area is 108 Å². The highest BCUT2D eigenvalue weighted by molar-refractivity contribution is 7.16. The molecule has 4 heteroatoms. The molecule has 0 aliphatic carbocycles. The molecular formula is C14H13N2OS+. The van der Waals surface area contributed by atoms with Crippen molar-refractivity contribution in [3.05, 3.63) is 63.8 Å². The predicted octanol–water partition coefficient (Wildman–Crippen LogP) is 1.98. The first-order valence-corrected chi connectivity index (χ1v) is 6.55. The van der Waals surface area contributed by atoms with Crippen LogP contribution in [0.15, 0.2) is 53.3 Å². The van der Waals surface area contributed by atoms with Gasteiger partial charge in [0.15, 0.2) is 0 Å². The number of benzene rings is 2. The lowest BCUT2D eigenvalue weighted by Crippen LogP contribution is -2.39. The summed E-state index contributed by atoms with van der Waals surface area (Å²) in [7, 11) is 0. The standard InChI is InChI=1S/C14H12N2OS/c15-11-6-7-12-13(8-11)18-14(17)16(12)9-10-4-2-1-3-5-10/h1-8H,9,15H2/p+1. The van der Waals surface area contributed by atoms with Crippen LogP contribution in [0.4, 0.5) is 5.69 Å². The molecule has 0 aliphatic heterocycles. The molecule has 0 amide bonds. The zero-order chi connectivity index (χ0) is 12.5. The van der Waals surface area contributed by atoms with Gasteiger partial charge in [-0.3, -0.25) is 9.36 Å². The van der Waals surface area contributed by atoms with Crippen LogP contribution in [-0.2, 0) is 6.54 Å². The zero-order valence-corrected chi connectivity index (χ0v) is 10.6. The molecule has 0 spiro atoms. The van der Waals surface area contributed by atoms with Crippen molar-refractivity contribution in [2.45, 2.75) is 6.54 Å². The monoisotopic (exact) mass is 257 g/mol. The molecule has 3 aromatic rings. The number of aromatic nitrogens is 1. The summed E-state index contributed by atoms with van der Waals surface area (Å²) in [5.41, 5.74) is 6.95. The second-order valence-electron chi connectivity index (χ2n) is 4.24. The van der Waals surface area contributed by atoms with E-state index in [0.29, 0.717) is 6.54 Å². The topological polar surface area (TPSA) is 49.6 Å². The van der Waals surface area contributed by atoms with E-state index < -0.39 is 0 Å². The lowest BCUT2D eigenvalue weighted by molar-refractivity contribution is -0.254. The molecule has 1 aromatic heterocycles. The summed E-state index contributed by atoms with van der Waals surface area (Å²) in [6.07, 6.45) is 0. The first kappa shape index (κ1) is 11.2. The van der Waals surface area contributed by atoms with Crippen LogP contribution in [0.25, 0.3) is 10.2 Å². The van der Waals surface area contributed by atoms with E-state index in [1.165, 1.54) is 11.3 Å². The number of thiazole rings is 1. The van der Waals surface area contributed by atoms with Gasteiger partial charge >= 0.3 is 4.87 Å². The zero-order valence-electron chi connectivity index (χ0n) is 9.80. The van der Waals surface area contributed by atoms with Crippen LogP contribution in [0.1, 0.15) is 5.56 Å². The molecule has 1 heterocycles. The van der Waals surface area contributed by atoms with E-state index >= 15 is 0 Å². The van der Waals surface area contributed by atoms with Gasteiger partial charge in [-0.25, -0.2) is 0 Å². The maximum Gasteiger partial charge on any atom is 0.308 e. The fourth-order valence-electron chi connectivity index (χ4n) is 2.03. The van der Waals surface area contributed by atoms with E-state index in [0.717, 1.165) is 21.5 Å². The smallest absolute Gasteiger partial charge is 0.308 e. The van der Waals surface area contributed by atoms with Crippen molar-refractivity contribution in [1.82, 2.24) is 4.57 Å². The summed E-state index contributed by atoms with van der Waals surface area (Å²) in [4.78, 5) is 12.1. The van der Waals surface area contributed by atoms with Gasteiger partial charge in [-0.1, -0.05) is 41.7 Å². The molecule has 0 fully saturated rings. The lowest BCUT2D eigenvalue weighted by Gasteiger charge is -2.03. The molecular weight excluding hydrogens is 244 g/mol. The number of fused-ring (bicyclic) bond motifs is 1. The van der Waals surface area contributed by atoms with Gasteiger partial charge in [0.25, 0.3) is 0 Å². The Kier molecular flexibility index (Phi) is 2.74. The molecule has 0 saturated heterocycles. The van der Waals surface area contributed by atoms with Crippen LogP contribution in [-0.4, -0.2) is 4.57 Å². The van der Waals surface area contributed by atoms with Crippen molar-refractivity contribution in [3.63, 3.8) is 0 Å². The fourth-order valence-corrected chi connectivity index (χ4v) is 2.98. The Morgan fingerprint density at radius 1 is 1.11 bits per heavy atom. The average molecular weight is 257 g/mol. The maximum atomic E-state index is 12.0. The molecule has 3 rings (SSSR count). The first-order valence-electron chi connectivity index (χ1n) is 5.73. The van der Waals surface area contributed by atoms with Crippen LogP contribution in [0.2, 0.25) is 0 Å². The van der Waals surface area contributed by atoms with E-state index in [4.69, 9.17) is 0 Å². The third-order valence-corrected chi connectivity index (χ3v) is 3.86. The van der Waals surface area contributed by atoms with Crippen molar-refractivity contribution < 1.29 is 5.73 Å². The minimum absolute atomic E-state index is 0.0828. The van der Waals surface area contributed by atoms with E-state index in [2.05, 4.69) is 5.73 Å². The summed E-state index contributed by atoms with van der Waals surface area (Å²) in [6.45, 7) is 0.621. The molecule has 2 aromatic carbocycles. The molecule has 3 nitrogen and oxygen atoms in total. The van der Waals surface area contributed by atoms with Crippen LogP contribution >= 0.6 is 11.3 Å². The molecule has 18 heavy (non-hydrogen) atoms. The number of hydrogen-bond acceptors (Lipinski definition) is 2. The minimum Gasteiger partial charge on any atom is -0.325 e. The summed E-state index contributed by atoms with van der Waals surface area (Å²) in [5, 5.41) is 0. The van der Waals surface area contributed by atoms with Gasteiger partial charge in [-0.2, -0.15) is 0 Å².